The van der Waals surface area contributed by atoms with Crippen molar-refractivity contribution in [3.05, 3.63) is 46.0 Å². The lowest BCUT2D eigenvalue weighted by atomic mass is 9.88. The SMILES string of the molecule is Cn1nnc(-c2ncc(NC(=O)[C@@H]3CC(C)(C)c4c3cnc3cc(Cl)nn43)cc2Cl)n1. The summed E-state index contributed by atoms with van der Waals surface area (Å²) in [6, 6.07) is 3.32. The minimum Gasteiger partial charge on any atom is -0.324 e. The molecule has 5 rings (SSSR count). The first-order chi connectivity index (χ1) is 14.7. The molecule has 10 nitrogen and oxygen atoms in total. The highest BCUT2D eigenvalue weighted by Crippen LogP contribution is 2.46. The third-order valence-electron chi connectivity index (χ3n) is 5.36. The van der Waals surface area contributed by atoms with E-state index in [9.17, 15) is 4.79 Å². The normalized spacial score (nSPS) is 17.1. The number of aromatic nitrogens is 8. The van der Waals surface area contributed by atoms with Crippen LogP contribution in [0.25, 0.3) is 17.2 Å². The van der Waals surface area contributed by atoms with E-state index in [0.29, 0.717) is 39.4 Å². The van der Waals surface area contributed by atoms with Gasteiger partial charge >= 0.3 is 0 Å². The molecule has 0 bridgehead atoms. The fourth-order valence-electron chi connectivity index (χ4n) is 4.08. The van der Waals surface area contributed by atoms with E-state index in [1.807, 2.05) is 0 Å². The van der Waals surface area contributed by atoms with Crippen molar-refractivity contribution >= 4 is 40.4 Å². The summed E-state index contributed by atoms with van der Waals surface area (Å²) in [5.41, 5.74) is 3.00. The fourth-order valence-corrected chi connectivity index (χ4v) is 4.51. The molecule has 1 aliphatic rings. The number of nitrogens with zero attached hydrogens (tertiary/aromatic N) is 8. The Kier molecular flexibility index (Phi) is 4.45. The maximum Gasteiger partial charge on any atom is 0.232 e. The lowest BCUT2D eigenvalue weighted by Crippen LogP contribution is -2.21. The van der Waals surface area contributed by atoms with Gasteiger partial charge in [-0.25, -0.2) is 14.5 Å². The van der Waals surface area contributed by atoms with E-state index in [-0.39, 0.29) is 11.3 Å². The van der Waals surface area contributed by atoms with Gasteiger partial charge in [0.1, 0.15) is 5.69 Å². The molecule has 0 radical (unpaired) electrons. The van der Waals surface area contributed by atoms with E-state index in [4.69, 9.17) is 23.2 Å². The van der Waals surface area contributed by atoms with Crippen LogP contribution in [0.2, 0.25) is 10.2 Å². The van der Waals surface area contributed by atoms with Crippen LogP contribution in [0.15, 0.2) is 24.5 Å². The molecule has 158 valence electrons. The average molecular weight is 458 g/mol. The number of rotatable bonds is 3. The summed E-state index contributed by atoms with van der Waals surface area (Å²) in [6.45, 7) is 4.16. The highest BCUT2D eigenvalue weighted by Gasteiger charge is 2.43. The van der Waals surface area contributed by atoms with Crippen molar-refractivity contribution in [2.45, 2.75) is 31.6 Å². The summed E-state index contributed by atoms with van der Waals surface area (Å²) < 4.78 is 1.73. The number of hydrogen-bond donors (Lipinski definition) is 1. The van der Waals surface area contributed by atoms with Crippen LogP contribution >= 0.6 is 23.2 Å². The summed E-state index contributed by atoms with van der Waals surface area (Å²) in [6.07, 6.45) is 3.86. The molecule has 0 spiro atoms. The molecule has 0 saturated heterocycles. The molecule has 1 N–H and O–H groups in total. The number of tetrazole rings is 1. The molecule has 4 heterocycles. The number of anilines is 1. The molecule has 1 aliphatic carbocycles. The van der Waals surface area contributed by atoms with Crippen LogP contribution in [0.3, 0.4) is 0 Å². The van der Waals surface area contributed by atoms with Crippen molar-refractivity contribution in [2.75, 3.05) is 5.32 Å². The van der Waals surface area contributed by atoms with Crippen LogP contribution in [0, 0.1) is 0 Å². The van der Waals surface area contributed by atoms with Gasteiger partial charge in [-0.15, -0.1) is 10.2 Å². The van der Waals surface area contributed by atoms with Gasteiger partial charge in [0.2, 0.25) is 11.7 Å². The Hall–Kier alpha value is -3.11. The van der Waals surface area contributed by atoms with Crippen LogP contribution in [0.4, 0.5) is 5.69 Å². The lowest BCUT2D eigenvalue weighted by Gasteiger charge is -2.19. The molecule has 0 fully saturated rings. The zero-order valence-electron chi connectivity index (χ0n) is 16.8. The first-order valence-electron chi connectivity index (χ1n) is 9.48. The standard InChI is InChI=1S/C19H17Cl2N9O/c1-19(2)6-10(11-8-22-14-5-13(21)26-30(14)16(11)19)18(31)24-9-4-12(20)15(23-7-9)17-25-28-29(3)27-17/h4-5,7-8,10H,6H2,1-3H3,(H,24,31)/t10-/m1/s1. The quantitative estimate of drug-likeness (QED) is 0.502. The second-order valence-corrected chi connectivity index (χ2v) is 8.88. The molecular formula is C19H17Cl2N9O. The van der Waals surface area contributed by atoms with Gasteiger partial charge in [-0.05, 0) is 17.7 Å². The predicted molar refractivity (Wildman–Crippen MR) is 114 cm³/mol. The summed E-state index contributed by atoms with van der Waals surface area (Å²) in [5.74, 6) is -0.260. The Bertz CT molecular complexity index is 1340. The molecule has 0 aromatic carbocycles. The van der Waals surface area contributed by atoms with Gasteiger partial charge < -0.3 is 5.32 Å². The van der Waals surface area contributed by atoms with Crippen LogP contribution in [-0.4, -0.2) is 45.7 Å². The predicted octanol–water partition coefficient (Wildman–Crippen LogP) is 3.03. The number of amides is 1. The van der Waals surface area contributed by atoms with Crippen molar-refractivity contribution in [3.63, 3.8) is 0 Å². The largest absolute Gasteiger partial charge is 0.324 e. The van der Waals surface area contributed by atoms with Gasteiger partial charge in [0.15, 0.2) is 10.8 Å². The molecule has 4 aromatic rings. The van der Waals surface area contributed by atoms with Crippen molar-refractivity contribution in [1.82, 2.24) is 39.8 Å². The van der Waals surface area contributed by atoms with E-state index >= 15 is 0 Å². The molecule has 0 unspecified atom stereocenters. The van der Waals surface area contributed by atoms with Crippen LogP contribution < -0.4 is 5.32 Å². The summed E-state index contributed by atoms with van der Waals surface area (Å²) >= 11 is 12.4. The third-order valence-corrected chi connectivity index (χ3v) is 5.83. The Morgan fingerprint density at radius 2 is 2.00 bits per heavy atom. The number of nitrogens with one attached hydrogen (secondary N) is 1. The molecular weight excluding hydrogens is 441 g/mol. The van der Waals surface area contributed by atoms with E-state index in [1.165, 1.54) is 11.0 Å². The topological polar surface area (TPSA) is 116 Å². The van der Waals surface area contributed by atoms with Gasteiger partial charge in [-0.3, -0.25) is 4.79 Å². The van der Waals surface area contributed by atoms with Gasteiger partial charge in [0.25, 0.3) is 0 Å². The van der Waals surface area contributed by atoms with Gasteiger partial charge in [-0.1, -0.05) is 37.0 Å². The van der Waals surface area contributed by atoms with Crippen molar-refractivity contribution in [2.24, 2.45) is 7.05 Å². The maximum absolute atomic E-state index is 13.2. The van der Waals surface area contributed by atoms with E-state index in [2.05, 4.69) is 49.6 Å². The number of aryl methyl sites for hydroxylation is 1. The van der Waals surface area contributed by atoms with Crippen molar-refractivity contribution < 1.29 is 4.79 Å². The van der Waals surface area contributed by atoms with Gasteiger partial charge in [0, 0.05) is 23.2 Å². The minimum atomic E-state index is -0.398. The molecule has 0 aliphatic heterocycles. The molecule has 12 heteroatoms. The summed E-state index contributed by atoms with van der Waals surface area (Å²) in [7, 11) is 1.65. The Morgan fingerprint density at radius 3 is 2.71 bits per heavy atom. The first-order valence-corrected chi connectivity index (χ1v) is 10.2. The van der Waals surface area contributed by atoms with Gasteiger partial charge in [-0.2, -0.15) is 9.90 Å². The zero-order valence-corrected chi connectivity index (χ0v) is 18.3. The van der Waals surface area contributed by atoms with Crippen LogP contribution in [-0.2, 0) is 17.3 Å². The Labute approximate surface area is 186 Å². The minimum absolute atomic E-state index is 0.172. The number of carbonyl (C=O) groups is 1. The number of carbonyl (C=O) groups excluding carboxylic acids is 1. The monoisotopic (exact) mass is 457 g/mol. The van der Waals surface area contributed by atoms with E-state index in [0.717, 1.165) is 11.3 Å². The molecule has 4 aromatic heterocycles. The highest BCUT2D eigenvalue weighted by atomic mass is 35.5. The van der Waals surface area contributed by atoms with E-state index in [1.54, 1.807) is 29.9 Å². The number of fused-ring (bicyclic) bond motifs is 3. The van der Waals surface area contributed by atoms with Crippen molar-refractivity contribution in [1.29, 1.82) is 0 Å². The average Bonchev–Trinajstić information content (AvgIpc) is 3.36. The number of hydrogen-bond acceptors (Lipinski definition) is 7. The number of halogens is 2. The second kappa shape index (κ2) is 6.96. The van der Waals surface area contributed by atoms with Crippen molar-refractivity contribution in [3.8, 4) is 11.5 Å². The lowest BCUT2D eigenvalue weighted by molar-refractivity contribution is -0.117. The second-order valence-electron chi connectivity index (χ2n) is 8.09. The Balaban J connectivity index is 1.44. The highest BCUT2D eigenvalue weighted by molar-refractivity contribution is 6.33. The third kappa shape index (κ3) is 3.31. The number of pyridine rings is 1. The fraction of sp³-hybridized carbons (Fsp3) is 0.316. The zero-order chi connectivity index (χ0) is 21.9. The van der Waals surface area contributed by atoms with E-state index < -0.39 is 5.92 Å². The van der Waals surface area contributed by atoms with Crippen LogP contribution in [0.1, 0.15) is 37.4 Å². The molecule has 1 amide bonds. The molecule has 1 atom stereocenters. The smallest absolute Gasteiger partial charge is 0.232 e. The first kappa shape index (κ1) is 19.8. The maximum atomic E-state index is 13.2. The Morgan fingerprint density at radius 1 is 1.19 bits per heavy atom. The molecule has 0 saturated carbocycles. The van der Waals surface area contributed by atoms with Crippen LogP contribution in [0.5, 0.6) is 0 Å². The van der Waals surface area contributed by atoms with Gasteiger partial charge in [0.05, 0.1) is 35.6 Å². The molecule has 31 heavy (non-hydrogen) atoms. The summed E-state index contributed by atoms with van der Waals surface area (Å²) in [5, 5.41) is 19.7. The summed E-state index contributed by atoms with van der Waals surface area (Å²) in [4.78, 5) is 23.2.